The molecule has 0 saturated carbocycles. The first-order valence-corrected chi connectivity index (χ1v) is 9.89. The summed E-state index contributed by atoms with van der Waals surface area (Å²) >= 11 is 0. The minimum absolute atomic E-state index is 0. The number of ether oxygens (including phenoxy) is 3. The van der Waals surface area contributed by atoms with Gasteiger partial charge >= 0.3 is 0 Å². The summed E-state index contributed by atoms with van der Waals surface area (Å²) in [5.74, 6) is 1.23. The van der Waals surface area contributed by atoms with Crippen molar-refractivity contribution in [3.8, 4) is 11.5 Å². The van der Waals surface area contributed by atoms with Crippen molar-refractivity contribution in [2.24, 2.45) is 0 Å². The molecule has 0 unspecified atom stereocenters. The zero-order chi connectivity index (χ0) is 19.6. The molecule has 30 heavy (non-hydrogen) atoms. The van der Waals surface area contributed by atoms with Crippen LogP contribution in [0.15, 0.2) is 42.5 Å². The highest BCUT2D eigenvalue weighted by atomic mass is 35.5. The molecule has 1 heterocycles. The summed E-state index contributed by atoms with van der Waals surface area (Å²) in [6.07, 6.45) is 0. The molecule has 3 rings (SSSR count). The maximum Gasteiger partial charge on any atom is 0.166 e. The molecule has 2 aromatic carbocycles. The van der Waals surface area contributed by atoms with E-state index in [9.17, 15) is 4.39 Å². The lowest BCUT2D eigenvalue weighted by Crippen LogP contribution is -3.00. The number of hydrogen-bond donors (Lipinski definition) is 1. The van der Waals surface area contributed by atoms with Gasteiger partial charge in [0.15, 0.2) is 11.5 Å². The van der Waals surface area contributed by atoms with Gasteiger partial charge in [0, 0.05) is 38.3 Å². The van der Waals surface area contributed by atoms with Crippen LogP contribution in [0.2, 0.25) is 0 Å². The third kappa shape index (κ3) is 8.28. The summed E-state index contributed by atoms with van der Waals surface area (Å²) < 4.78 is 30.3. The van der Waals surface area contributed by atoms with Crippen LogP contribution in [-0.4, -0.2) is 50.9 Å². The van der Waals surface area contributed by atoms with Crippen LogP contribution >= 0.6 is 0 Å². The predicted molar refractivity (Wildman–Crippen MR) is 107 cm³/mol. The minimum Gasteiger partial charge on any atom is -1.00 e. The summed E-state index contributed by atoms with van der Waals surface area (Å²) in [5.41, 5.74) is 1.97. The fraction of sp³-hybridized carbons (Fsp3) is 0.455. The lowest BCUT2D eigenvalue weighted by atomic mass is 10.1. The van der Waals surface area contributed by atoms with E-state index in [4.69, 9.17) is 14.2 Å². The largest absolute Gasteiger partial charge is 1.00 e. The summed E-state index contributed by atoms with van der Waals surface area (Å²) in [6, 6.07) is 12.3. The number of para-hydroxylation sites is 1. The fourth-order valence-electron chi connectivity index (χ4n) is 3.15. The maximum atomic E-state index is 13.1. The number of morpholine rings is 1. The molecule has 1 aliphatic heterocycles. The number of nitrogens with zero attached hydrogens (tertiary/aromatic N) is 1. The molecular formula is C22H29Cl2FN2O3-2. The quantitative estimate of drug-likeness (QED) is 0.390. The van der Waals surface area contributed by atoms with E-state index in [1.54, 1.807) is 12.1 Å². The van der Waals surface area contributed by atoms with Gasteiger partial charge in [0.2, 0.25) is 0 Å². The Balaban J connectivity index is 0.00000225. The third-order valence-electron chi connectivity index (χ3n) is 4.68. The van der Waals surface area contributed by atoms with Gasteiger partial charge < -0.3 is 44.3 Å². The third-order valence-corrected chi connectivity index (χ3v) is 4.68. The van der Waals surface area contributed by atoms with Crippen molar-refractivity contribution in [1.82, 2.24) is 10.2 Å². The van der Waals surface area contributed by atoms with Gasteiger partial charge in [0.1, 0.15) is 12.4 Å². The Morgan fingerprint density at radius 3 is 2.47 bits per heavy atom. The summed E-state index contributed by atoms with van der Waals surface area (Å²) in [7, 11) is 0. The first-order valence-electron chi connectivity index (χ1n) is 9.89. The Morgan fingerprint density at radius 1 is 1.03 bits per heavy atom. The van der Waals surface area contributed by atoms with Crippen LogP contribution in [0.4, 0.5) is 4.39 Å². The van der Waals surface area contributed by atoms with Gasteiger partial charge in [0.25, 0.3) is 0 Å². The summed E-state index contributed by atoms with van der Waals surface area (Å²) in [5, 5.41) is 3.50. The van der Waals surface area contributed by atoms with Crippen LogP contribution in [0.3, 0.4) is 0 Å². The van der Waals surface area contributed by atoms with Gasteiger partial charge in [0.05, 0.1) is 19.8 Å². The second-order valence-electron chi connectivity index (χ2n) is 6.72. The van der Waals surface area contributed by atoms with Gasteiger partial charge in [-0.15, -0.1) is 0 Å². The Labute approximate surface area is 190 Å². The number of rotatable bonds is 10. The molecule has 1 N–H and O–H groups in total. The van der Waals surface area contributed by atoms with Crippen LogP contribution in [0.1, 0.15) is 18.1 Å². The molecule has 168 valence electrons. The molecule has 0 spiro atoms. The van der Waals surface area contributed by atoms with Crippen molar-refractivity contribution in [1.29, 1.82) is 0 Å². The number of nitrogens with one attached hydrogen (secondary N) is 1. The first-order chi connectivity index (χ1) is 13.8. The molecule has 0 atom stereocenters. The maximum absolute atomic E-state index is 13.1. The molecule has 8 heteroatoms. The molecule has 2 aromatic rings. The molecule has 0 aliphatic carbocycles. The average molecular weight is 459 g/mol. The Kier molecular flexibility index (Phi) is 12.7. The van der Waals surface area contributed by atoms with E-state index in [0.29, 0.717) is 19.8 Å². The topological polar surface area (TPSA) is 43.0 Å². The molecular weight excluding hydrogens is 430 g/mol. The first kappa shape index (κ1) is 26.5. The van der Waals surface area contributed by atoms with Crippen LogP contribution in [0, 0.1) is 5.82 Å². The van der Waals surface area contributed by atoms with Crippen molar-refractivity contribution >= 4 is 0 Å². The fourth-order valence-corrected chi connectivity index (χ4v) is 3.15. The molecule has 5 nitrogen and oxygen atoms in total. The van der Waals surface area contributed by atoms with Crippen LogP contribution in [0.5, 0.6) is 11.5 Å². The van der Waals surface area contributed by atoms with Gasteiger partial charge in [-0.3, -0.25) is 4.90 Å². The van der Waals surface area contributed by atoms with E-state index < -0.39 is 0 Å². The lowest BCUT2D eigenvalue weighted by Gasteiger charge is -2.26. The van der Waals surface area contributed by atoms with Crippen LogP contribution in [0.25, 0.3) is 0 Å². The van der Waals surface area contributed by atoms with Crippen molar-refractivity contribution in [3.63, 3.8) is 0 Å². The molecule has 0 aromatic heterocycles. The van der Waals surface area contributed by atoms with Crippen molar-refractivity contribution in [2.75, 3.05) is 46.0 Å². The zero-order valence-electron chi connectivity index (χ0n) is 17.2. The van der Waals surface area contributed by atoms with Crippen molar-refractivity contribution < 1.29 is 43.4 Å². The zero-order valence-corrected chi connectivity index (χ0v) is 18.7. The number of benzene rings is 2. The van der Waals surface area contributed by atoms with E-state index in [2.05, 4.69) is 10.2 Å². The van der Waals surface area contributed by atoms with E-state index in [1.165, 1.54) is 12.1 Å². The van der Waals surface area contributed by atoms with Crippen molar-refractivity contribution in [2.45, 2.75) is 20.1 Å². The van der Waals surface area contributed by atoms with Gasteiger partial charge in [-0.1, -0.05) is 24.3 Å². The molecule has 0 amide bonds. The van der Waals surface area contributed by atoms with Gasteiger partial charge in [-0.25, -0.2) is 4.39 Å². The summed E-state index contributed by atoms with van der Waals surface area (Å²) in [4.78, 5) is 2.40. The molecule has 0 bridgehead atoms. The molecule has 1 fully saturated rings. The van der Waals surface area contributed by atoms with E-state index in [0.717, 1.165) is 62.0 Å². The number of hydrogen-bond acceptors (Lipinski definition) is 5. The Morgan fingerprint density at radius 2 is 1.77 bits per heavy atom. The van der Waals surface area contributed by atoms with Gasteiger partial charge in [-0.2, -0.15) is 0 Å². The highest BCUT2D eigenvalue weighted by Crippen LogP contribution is 2.32. The highest BCUT2D eigenvalue weighted by Gasteiger charge is 2.13. The lowest BCUT2D eigenvalue weighted by molar-refractivity contribution is -0.001000. The van der Waals surface area contributed by atoms with Crippen LogP contribution in [-0.2, 0) is 17.9 Å². The van der Waals surface area contributed by atoms with E-state index >= 15 is 0 Å². The van der Waals surface area contributed by atoms with E-state index in [1.807, 2.05) is 25.1 Å². The van der Waals surface area contributed by atoms with Crippen LogP contribution < -0.4 is 39.6 Å². The summed E-state index contributed by atoms with van der Waals surface area (Å²) in [6.45, 7) is 9.11. The molecule has 1 saturated heterocycles. The van der Waals surface area contributed by atoms with E-state index in [-0.39, 0.29) is 30.6 Å². The normalized spacial score (nSPS) is 13.8. The molecule has 1 aliphatic rings. The minimum atomic E-state index is -0.247. The predicted octanol–water partition coefficient (Wildman–Crippen LogP) is -2.77. The Bertz CT molecular complexity index is 729. The average Bonchev–Trinajstić information content (AvgIpc) is 2.73. The highest BCUT2D eigenvalue weighted by molar-refractivity contribution is 5.46. The SMILES string of the molecule is CCOc1cccc(CNCCN2CCOCC2)c1OCc1ccc(F)cc1.[Cl-].[Cl-]. The molecule has 0 radical (unpaired) electrons. The standard InChI is InChI=1S/C22H29FN2O3.2ClH/c1-2-27-21-5-3-4-19(16-24-10-11-25-12-14-26-15-13-25)22(21)28-17-18-6-8-20(23)9-7-18;;/h3-9,24H,2,10-17H2,1H3;2*1H/p-2. The van der Waals surface area contributed by atoms with Gasteiger partial charge in [-0.05, 0) is 30.7 Å². The van der Waals surface area contributed by atoms with Crippen molar-refractivity contribution in [3.05, 3.63) is 59.4 Å². The number of halogens is 3. The second-order valence-corrected chi connectivity index (χ2v) is 6.72. The Hall–Kier alpha value is -1.57. The second kappa shape index (κ2) is 14.4. The monoisotopic (exact) mass is 458 g/mol. The smallest absolute Gasteiger partial charge is 0.166 e.